The summed E-state index contributed by atoms with van der Waals surface area (Å²) in [6.45, 7) is 2.62. The third-order valence-corrected chi connectivity index (χ3v) is 10.6. The molecule has 12 heteroatoms. The zero-order valence-electron chi connectivity index (χ0n) is 22.1. The van der Waals surface area contributed by atoms with Gasteiger partial charge in [-0.1, -0.05) is 42.3 Å². The average Bonchev–Trinajstić information content (AvgIpc) is 2.96. The van der Waals surface area contributed by atoms with Gasteiger partial charge in [-0.3, -0.25) is 9.10 Å². The topological polar surface area (TPSA) is 113 Å². The number of piperidine rings is 1. The van der Waals surface area contributed by atoms with Crippen LogP contribution in [0.15, 0.2) is 82.6 Å². The predicted molar refractivity (Wildman–Crippen MR) is 155 cm³/mol. The molecule has 9 nitrogen and oxygen atoms in total. The second-order valence-electron chi connectivity index (χ2n) is 9.39. The van der Waals surface area contributed by atoms with Crippen LogP contribution in [-0.2, 0) is 24.8 Å². The summed E-state index contributed by atoms with van der Waals surface area (Å²) in [5.74, 6) is -0.0720. The normalized spacial score (nSPS) is 14.4. The van der Waals surface area contributed by atoms with Crippen LogP contribution in [0.4, 0.5) is 5.69 Å². The molecule has 1 saturated heterocycles. The van der Waals surface area contributed by atoms with E-state index in [2.05, 4.69) is 5.32 Å². The van der Waals surface area contributed by atoms with Gasteiger partial charge in [0.25, 0.3) is 10.0 Å². The first kappa shape index (κ1) is 29.9. The molecular formula is C28H32ClN3O6S2. The molecule has 0 atom stereocenters. The number of nitrogens with one attached hydrogen (secondary N) is 1. The first-order chi connectivity index (χ1) is 19.1. The fourth-order valence-corrected chi connectivity index (χ4v) is 7.41. The second-order valence-corrected chi connectivity index (χ2v) is 13.6. The number of carbonyl (C=O) groups is 1. The maximum Gasteiger partial charge on any atom is 0.264 e. The number of benzene rings is 3. The molecule has 0 saturated carbocycles. The number of carbonyl (C=O) groups excluding carboxylic acids is 1. The van der Waals surface area contributed by atoms with Gasteiger partial charge in [0.2, 0.25) is 15.9 Å². The van der Waals surface area contributed by atoms with E-state index in [9.17, 15) is 21.6 Å². The lowest BCUT2D eigenvalue weighted by atomic mass is 10.2. The molecule has 3 aromatic rings. The zero-order valence-corrected chi connectivity index (χ0v) is 24.5. The van der Waals surface area contributed by atoms with Gasteiger partial charge in [0, 0.05) is 18.1 Å². The largest absolute Gasteiger partial charge is 0.492 e. The van der Waals surface area contributed by atoms with Crippen molar-refractivity contribution < 1.29 is 26.4 Å². The fourth-order valence-electron chi connectivity index (χ4n) is 4.28. The van der Waals surface area contributed by atoms with Crippen molar-refractivity contribution >= 4 is 43.2 Å². The van der Waals surface area contributed by atoms with Gasteiger partial charge in [0.15, 0.2) is 0 Å². The summed E-state index contributed by atoms with van der Waals surface area (Å²) < 4.78 is 60.6. The molecule has 1 fully saturated rings. The number of ether oxygens (including phenoxy) is 1. The molecule has 1 heterocycles. The lowest BCUT2D eigenvalue weighted by molar-refractivity contribution is -0.119. The molecule has 214 valence electrons. The molecule has 0 aromatic heterocycles. The minimum atomic E-state index is -4.05. The molecule has 0 bridgehead atoms. The smallest absolute Gasteiger partial charge is 0.264 e. The monoisotopic (exact) mass is 605 g/mol. The van der Waals surface area contributed by atoms with Crippen molar-refractivity contribution in [1.82, 2.24) is 9.62 Å². The second kappa shape index (κ2) is 13.0. The zero-order chi connectivity index (χ0) is 28.8. The molecule has 0 radical (unpaired) electrons. The van der Waals surface area contributed by atoms with Gasteiger partial charge >= 0.3 is 0 Å². The van der Waals surface area contributed by atoms with Crippen LogP contribution < -0.4 is 14.4 Å². The van der Waals surface area contributed by atoms with Crippen LogP contribution in [0, 0.1) is 6.92 Å². The Kier molecular flexibility index (Phi) is 9.72. The summed E-state index contributed by atoms with van der Waals surface area (Å²) in [5.41, 5.74) is 1.05. The lowest BCUT2D eigenvalue weighted by Gasteiger charge is -2.25. The van der Waals surface area contributed by atoms with Crippen LogP contribution in [0.3, 0.4) is 0 Å². The van der Waals surface area contributed by atoms with Crippen LogP contribution in [-0.4, -0.2) is 59.8 Å². The van der Waals surface area contributed by atoms with Gasteiger partial charge < -0.3 is 10.1 Å². The van der Waals surface area contributed by atoms with Gasteiger partial charge in [-0.05, 0) is 73.9 Å². The molecule has 1 aliphatic rings. The van der Waals surface area contributed by atoms with Crippen molar-refractivity contribution in [2.45, 2.75) is 36.0 Å². The number of halogens is 1. The molecule has 4 rings (SSSR count). The van der Waals surface area contributed by atoms with Crippen molar-refractivity contribution in [1.29, 1.82) is 0 Å². The van der Waals surface area contributed by atoms with E-state index in [-0.39, 0.29) is 28.6 Å². The van der Waals surface area contributed by atoms with E-state index in [1.54, 1.807) is 49.4 Å². The summed E-state index contributed by atoms with van der Waals surface area (Å²) >= 11 is 6.25. The van der Waals surface area contributed by atoms with E-state index < -0.39 is 32.5 Å². The summed E-state index contributed by atoms with van der Waals surface area (Å²) in [5, 5.41) is 3.06. The number of hydrogen-bond donors (Lipinski definition) is 1. The molecule has 1 N–H and O–H groups in total. The Morgan fingerprint density at radius 1 is 0.925 bits per heavy atom. The molecule has 0 aliphatic carbocycles. The Morgan fingerprint density at radius 3 is 2.25 bits per heavy atom. The minimum Gasteiger partial charge on any atom is -0.492 e. The quantitative estimate of drug-likeness (QED) is 0.328. The van der Waals surface area contributed by atoms with Crippen molar-refractivity contribution in [3.05, 3.63) is 83.4 Å². The van der Waals surface area contributed by atoms with E-state index in [1.807, 2.05) is 0 Å². The van der Waals surface area contributed by atoms with Gasteiger partial charge in [-0.25, -0.2) is 16.8 Å². The average molecular weight is 606 g/mol. The van der Waals surface area contributed by atoms with Crippen molar-refractivity contribution in [3.8, 4) is 5.75 Å². The van der Waals surface area contributed by atoms with E-state index in [1.165, 1.54) is 34.6 Å². The van der Waals surface area contributed by atoms with Crippen LogP contribution >= 0.6 is 11.6 Å². The molecule has 0 unspecified atom stereocenters. The molecule has 40 heavy (non-hydrogen) atoms. The first-order valence-electron chi connectivity index (χ1n) is 12.9. The van der Waals surface area contributed by atoms with Crippen LogP contribution in [0.1, 0.15) is 24.8 Å². The highest BCUT2D eigenvalue weighted by molar-refractivity contribution is 7.92. The van der Waals surface area contributed by atoms with E-state index in [4.69, 9.17) is 16.3 Å². The number of rotatable bonds is 11. The third-order valence-electron chi connectivity index (χ3n) is 6.53. The Balaban J connectivity index is 1.36. The molecule has 0 spiro atoms. The Hall–Kier alpha value is -3.12. The first-order valence-corrected chi connectivity index (χ1v) is 16.2. The van der Waals surface area contributed by atoms with Crippen LogP contribution in [0.25, 0.3) is 0 Å². The Bertz CT molecular complexity index is 1530. The van der Waals surface area contributed by atoms with E-state index >= 15 is 0 Å². The highest BCUT2D eigenvalue weighted by atomic mass is 35.5. The minimum absolute atomic E-state index is 0.0496. The van der Waals surface area contributed by atoms with Crippen LogP contribution in [0.5, 0.6) is 5.75 Å². The Labute approximate surface area is 240 Å². The fraction of sp³-hybridized carbons (Fsp3) is 0.321. The van der Waals surface area contributed by atoms with Gasteiger partial charge in [0.05, 0.1) is 22.0 Å². The predicted octanol–water partition coefficient (Wildman–Crippen LogP) is 4.21. The summed E-state index contributed by atoms with van der Waals surface area (Å²) in [7, 11) is -7.58. The maximum atomic E-state index is 13.4. The highest BCUT2D eigenvalue weighted by Crippen LogP contribution is 2.28. The lowest BCUT2D eigenvalue weighted by Crippen LogP contribution is -2.42. The maximum absolute atomic E-state index is 13.4. The van der Waals surface area contributed by atoms with E-state index in [0.717, 1.165) is 29.1 Å². The molecule has 1 amide bonds. The molecular weight excluding hydrogens is 574 g/mol. The summed E-state index contributed by atoms with van der Waals surface area (Å²) in [6, 6.07) is 18.9. The van der Waals surface area contributed by atoms with Gasteiger partial charge in [0.1, 0.15) is 18.9 Å². The number of sulfonamides is 2. The van der Waals surface area contributed by atoms with Crippen molar-refractivity contribution in [2.75, 3.05) is 37.1 Å². The summed E-state index contributed by atoms with van der Waals surface area (Å²) in [6.07, 6.45) is 2.76. The molecule has 1 aliphatic heterocycles. The number of anilines is 1. The number of hydrogen-bond acceptors (Lipinski definition) is 6. The van der Waals surface area contributed by atoms with Crippen molar-refractivity contribution in [3.63, 3.8) is 0 Å². The standard InChI is InChI=1S/C28H32ClN3O6S2/c1-22-10-11-23(20-27(22)29)32(40(36,37)25-8-4-2-5-9-25)21-28(33)30-16-19-38-24-12-14-26(15-13-24)39(34,35)31-17-6-3-7-18-31/h2,4-5,8-15,20H,3,6-7,16-19,21H2,1H3,(H,30,33). The molecule has 3 aromatic carbocycles. The number of aryl methyl sites for hydroxylation is 1. The van der Waals surface area contributed by atoms with Gasteiger partial charge in [-0.2, -0.15) is 4.31 Å². The number of nitrogens with zero attached hydrogens (tertiary/aromatic N) is 2. The van der Waals surface area contributed by atoms with E-state index in [0.29, 0.717) is 23.9 Å². The summed E-state index contributed by atoms with van der Waals surface area (Å²) in [4.78, 5) is 13.1. The number of amides is 1. The van der Waals surface area contributed by atoms with Gasteiger partial charge in [-0.15, -0.1) is 0 Å². The highest BCUT2D eigenvalue weighted by Gasteiger charge is 2.28. The van der Waals surface area contributed by atoms with Crippen LogP contribution in [0.2, 0.25) is 5.02 Å². The van der Waals surface area contributed by atoms with Crippen molar-refractivity contribution in [2.24, 2.45) is 0 Å². The Morgan fingerprint density at radius 2 is 1.60 bits per heavy atom. The third kappa shape index (κ3) is 7.14. The SMILES string of the molecule is Cc1ccc(N(CC(=O)NCCOc2ccc(S(=O)(=O)N3CCCCC3)cc2)S(=O)(=O)c2ccccc2)cc1Cl.